The van der Waals surface area contributed by atoms with Gasteiger partial charge in [-0.25, -0.2) is 19.2 Å². The van der Waals surface area contributed by atoms with Gasteiger partial charge in [0.15, 0.2) is 11.4 Å². The lowest BCUT2D eigenvalue weighted by Gasteiger charge is -2.35. The molecule has 66 heavy (non-hydrogen) atoms. The zero-order chi connectivity index (χ0) is 46.0. The van der Waals surface area contributed by atoms with Crippen LogP contribution in [0.15, 0.2) is 60.9 Å². The summed E-state index contributed by atoms with van der Waals surface area (Å²) in [7, 11) is 0. The molecule has 2 aromatic heterocycles. The minimum Gasteiger partial charge on any atom is -0.476 e. The Morgan fingerprint density at radius 3 is 1.97 bits per heavy atom. The van der Waals surface area contributed by atoms with Gasteiger partial charge in [0.05, 0.1) is 29.0 Å². The zero-order valence-corrected chi connectivity index (χ0v) is 36.7. The summed E-state index contributed by atoms with van der Waals surface area (Å²) in [6, 6.07) is 12.6. The molecule has 2 aromatic carbocycles. The first-order chi connectivity index (χ1) is 31.6. The second-order valence-corrected chi connectivity index (χ2v) is 19.0. The Kier molecular flexibility index (Phi) is 11.7. The average Bonchev–Trinajstić information content (AvgIpc) is 4.15. The molecule has 0 saturated carbocycles. The van der Waals surface area contributed by atoms with E-state index >= 15 is 0 Å². The molecule has 0 bridgehead atoms. The van der Waals surface area contributed by atoms with Crippen LogP contribution in [0.2, 0.25) is 5.02 Å². The number of carboxylic acid groups (broad SMARTS) is 2. The van der Waals surface area contributed by atoms with Crippen LogP contribution >= 0.6 is 11.6 Å². The topological polar surface area (TPSA) is 173 Å². The molecule has 4 aromatic rings. The monoisotopic (exact) mass is 934 g/mol. The molecule has 350 valence electrons. The van der Waals surface area contributed by atoms with Gasteiger partial charge in [0.1, 0.15) is 0 Å². The number of hydrogen-bond donors (Lipinski definition) is 2. The summed E-state index contributed by atoms with van der Waals surface area (Å²) >= 11 is 6.87. The molecule has 6 aliphatic heterocycles. The van der Waals surface area contributed by atoms with Gasteiger partial charge in [0.25, 0.3) is 0 Å². The summed E-state index contributed by atoms with van der Waals surface area (Å²) in [4.78, 5) is 60.3. The van der Waals surface area contributed by atoms with Crippen molar-refractivity contribution in [2.75, 3.05) is 94.9 Å². The third kappa shape index (κ3) is 8.70. The van der Waals surface area contributed by atoms with Gasteiger partial charge < -0.3 is 34.5 Å². The van der Waals surface area contributed by atoms with Crippen LogP contribution in [0.1, 0.15) is 44.1 Å². The summed E-state index contributed by atoms with van der Waals surface area (Å²) in [5.41, 5.74) is 1.77. The molecule has 0 radical (unpaired) electrons. The molecule has 0 spiro atoms. The predicted octanol–water partition coefficient (Wildman–Crippen LogP) is 4.94. The van der Waals surface area contributed by atoms with Crippen molar-refractivity contribution in [3.8, 4) is 0 Å². The van der Waals surface area contributed by atoms with Crippen molar-refractivity contribution in [3.63, 3.8) is 0 Å². The largest absolute Gasteiger partial charge is 0.476 e. The molecule has 6 atom stereocenters. The van der Waals surface area contributed by atoms with E-state index in [2.05, 4.69) is 32.1 Å². The summed E-state index contributed by atoms with van der Waals surface area (Å²) < 4.78 is 52.4. The maximum absolute atomic E-state index is 14.6. The number of alkyl halides is 3. The predicted molar refractivity (Wildman–Crippen MR) is 233 cm³/mol. The molecule has 17 nitrogen and oxygen atoms in total. The van der Waals surface area contributed by atoms with Crippen molar-refractivity contribution in [3.05, 3.63) is 94.0 Å². The number of piperazine rings is 1. The molecule has 6 fully saturated rings. The van der Waals surface area contributed by atoms with Gasteiger partial charge in [-0.05, 0) is 65.8 Å². The smallest absolute Gasteiger partial charge is 0.416 e. The third-order valence-electron chi connectivity index (χ3n) is 14.5. The lowest BCUT2D eigenvalue weighted by Crippen LogP contribution is -2.49. The third-order valence-corrected chi connectivity index (χ3v) is 14.8. The highest BCUT2D eigenvalue weighted by molar-refractivity contribution is 6.33. The van der Waals surface area contributed by atoms with Crippen LogP contribution in [0.3, 0.4) is 0 Å². The van der Waals surface area contributed by atoms with E-state index in [1.807, 2.05) is 15.9 Å². The van der Waals surface area contributed by atoms with Crippen molar-refractivity contribution in [1.82, 2.24) is 39.2 Å². The van der Waals surface area contributed by atoms with Gasteiger partial charge >= 0.3 is 30.2 Å². The Morgan fingerprint density at radius 2 is 1.33 bits per heavy atom. The van der Waals surface area contributed by atoms with Crippen molar-refractivity contribution >= 4 is 47.0 Å². The van der Waals surface area contributed by atoms with Gasteiger partial charge in [-0.3, -0.25) is 9.80 Å². The quantitative estimate of drug-likeness (QED) is 0.231. The number of amides is 2. The molecule has 6 saturated heterocycles. The summed E-state index contributed by atoms with van der Waals surface area (Å²) in [5.74, 6) is -1.05. The van der Waals surface area contributed by atoms with E-state index in [4.69, 9.17) is 21.4 Å². The molecule has 10 rings (SSSR count). The van der Waals surface area contributed by atoms with E-state index in [0.29, 0.717) is 74.3 Å². The number of carboxylic acids is 2. The molecule has 2 amide bonds. The highest BCUT2D eigenvalue weighted by Crippen LogP contribution is 2.44. The number of anilines is 2. The Balaban J connectivity index is 0.726. The van der Waals surface area contributed by atoms with Crippen LogP contribution in [0, 0.1) is 29.6 Å². The van der Waals surface area contributed by atoms with Crippen molar-refractivity contribution < 1.29 is 47.3 Å². The van der Waals surface area contributed by atoms with E-state index in [1.54, 1.807) is 17.0 Å². The number of halogens is 4. The Morgan fingerprint density at radius 1 is 0.682 bits per heavy atom. The maximum atomic E-state index is 14.6. The highest BCUT2D eigenvalue weighted by Gasteiger charge is 2.49. The summed E-state index contributed by atoms with van der Waals surface area (Å²) in [6.07, 6.45) is -1.09. The minimum atomic E-state index is -4.56. The number of fused-ring (bicyclic) bond motifs is 2. The molecule has 21 heteroatoms. The maximum Gasteiger partial charge on any atom is 0.416 e. The number of hydrogen-bond acceptors (Lipinski definition) is 11. The summed E-state index contributed by atoms with van der Waals surface area (Å²) in [6.45, 7) is 8.36. The first-order valence-electron chi connectivity index (χ1n) is 22.4. The normalized spacial score (nSPS) is 25.8. The Hall–Kier alpha value is -5.70. The van der Waals surface area contributed by atoms with E-state index < -0.39 is 29.7 Å². The van der Waals surface area contributed by atoms with Gasteiger partial charge in [-0.15, -0.1) is 0 Å². The fourth-order valence-electron chi connectivity index (χ4n) is 11.2. The molecule has 6 aliphatic rings. The first-order valence-corrected chi connectivity index (χ1v) is 22.7. The number of carbonyl (C=O) groups is 4. The zero-order valence-electron chi connectivity index (χ0n) is 36.0. The first kappa shape index (κ1) is 44.2. The number of likely N-dealkylation sites (tertiary alicyclic amines) is 2. The van der Waals surface area contributed by atoms with Gasteiger partial charge in [0.2, 0.25) is 0 Å². The van der Waals surface area contributed by atoms with Crippen molar-refractivity contribution in [2.24, 2.45) is 29.6 Å². The van der Waals surface area contributed by atoms with Crippen LogP contribution in [-0.2, 0) is 24.0 Å². The molecular weight excluding hydrogens is 885 g/mol. The number of benzene rings is 2. The fraction of sp³-hybridized carbons (Fsp3) is 0.511. The van der Waals surface area contributed by atoms with Gasteiger partial charge in [0, 0.05) is 127 Å². The van der Waals surface area contributed by atoms with E-state index in [0.717, 1.165) is 59.8 Å². The number of nitrogens with zero attached hydrogens (tertiary/aromatic N) is 10. The van der Waals surface area contributed by atoms with Gasteiger partial charge in [-0.2, -0.15) is 32.7 Å². The van der Waals surface area contributed by atoms with Crippen molar-refractivity contribution in [2.45, 2.75) is 31.8 Å². The number of aromatic carboxylic acids is 2. The van der Waals surface area contributed by atoms with Crippen LogP contribution in [0.4, 0.5) is 34.1 Å². The lowest BCUT2D eigenvalue weighted by atomic mass is 9.86. The molecular formula is C45H50ClF3N10O7. The molecule has 8 heterocycles. The number of rotatable bonds is 9. The van der Waals surface area contributed by atoms with Gasteiger partial charge in [-0.1, -0.05) is 23.7 Å². The lowest BCUT2D eigenvalue weighted by molar-refractivity contribution is -0.138. The van der Waals surface area contributed by atoms with Crippen LogP contribution in [-0.4, -0.2) is 165 Å². The second-order valence-electron chi connectivity index (χ2n) is 18.6. The number of carbonyl (C=O) groups excluding carboxylic acids is 2. The molecule has 6 unspecified atom stereocenters. The Bertz CT molecular complexity index is 2520. The second kappa shape index (κ2) is 17.5. The Labute approximate surface area is 382 Å². The summed E-state index contributed by atoms with van der Waals surface area (Å²) in [5, 5.41) is 26.7. The van der Waals surface area contributed by atoms with Crippen LogP contribution in [0.5, 0.6) is 0 Å². The molecule has 2 N–H and O–H groups in total. The van der Waals surface area contributed by atoms with E-state index in [9.17, 15) is 37.5 Å². The van der Waals surface area contributed by atoms with E-state index in [1.165, 1.54) is 35.5 Å². The average molecular weight is 935 g/mol. The van der Waals surface area contributed by atoms with Crippen LogP contribution in [0.25, 0.3) is 0 Å². The fourth-order valence-corrected chi connectivity index (χ4v) is 11.4. The minimum absolute atomic E-state index is 0.0191. The van der Waals surface area contributed by atoms with Crippen molar-refractivity contribution in [1.29, 1.82) is 0 Å². The number of aromatic nitrogens is 4. The highest BCUT2D eigenvalue weighted by atomic mass is 35.5. The molecule has 0 aliphatic carbocycles. The van der Waals surface area contributed by atoms with Crippen LogP contribution < -0.4 is 9.80 Å². The van der Waals surface area contributed by atoms with E-state index in [-0.39, 0.29) is 60.6 Å². The number of ether oxygens (including phenoxy) is 1. The SMILES string of the molecule is O=C(O)c1ccn(C(=O)N2CCN(Cc3ccc(N4CCC(C5OCC6CN(c7cc(CN8CC9CN(C(=O)n%10ccc(C(=O)O)n%10)CC9C8)ccc7Cl)CC65)C4)cc3C(F)(F)F)CC2)n1. The standard InChI is InChI=1S/C45H50ClF3N10O7/c46-36-4-1-27(17-53-19-30-22-57(23-31(30)20-53)44(65)59-10-7-38(51-59)42(62)63)15-39(36)56-24-32-26-66-40(34(32)25-56)29-5-8-55(21-29)33-3-2-28(35(16-33)45(47,48)49)18-52-11-13-54(14-12-52)43(64)58-9-6-37(50-58)41(60)61/h1-4,6-7,9-10,15-16,29-32,34,40H,5,8,11-14,17-26H2,(H,60,61)(H,62,63).